The molecule has 0 atom stereocenters. The van der Waals surface area contributed by atoms with Gasteiger partial charge in [0.1, 0.15) is 0 Å². The lowest BCUT2D eigenvalue weighted by atomic mass is 10.1. The molecule has 122 valence electrons. The van der Waals surface area contributed by atoms with Gasteiger partial charge >= 0.3 is 0 Å². The monoisotopic (exact) mass is 285 g/mol. The van der Waals surface area contributed by atoms with Crippen LogP contribution in [0.25, 0.3) is 0 Å². The number of quaternary nitrogens is 1. The van der Waals surface area contributed by atoms with Crippen molar-refractivity contribution in [2.45, 2.75) is 78.6 Å². The van der Waals surface area contributed by atoms with Crippen LogP contribution in [0.3, 0.4) is 0 Å². The maximum Gasteiger partial charge on any atom is 0.0786 e. The van der Waals surface area contributed by atoms with E-state index in [4.69, 9.17) is 0 Å². The van der Waals surface area contributed by atoms with E-state index in [0.717, 1.165) is 0 Å². The zero-order chi connectivity index (χ0) is 14.4. The summed E-state index contributed by atoms with van der Waals surface area (Å²) in [5.74, 6) is 0. The van der Waals surface area contributed by atoms with Crippen molar-refractivity contribution < 1.29 is 9.96 Å². The van der Waals surface area contributed by atoms with Crippen molar-refractivity contribution in [3.05, 3.63) is 12.7 Å². The third kappa shape index (κ3) is 10.4. The summed E-state index contributed by atoms with van der Waals surface area (Å²) >= 11 is 0. The molecule has 0 spiro atoms. The summed E-state index contributed by atoms with van der Waals surface area (Å²) in [6.07, 6.45) is 14.2. The molecule has 1 N–H and O–H groups in total. The molecule has 2 heteroatoms. The average molecular weight is 286 g/mol. The van der Waals surface area contributed by atoms with Gasteiger partial charge in [-0.25, -0.2) is 0 Å². The van der Waals surface area contributed by atoms with Crippen LogP contribution in [0.2, 0.25) is 0 Å². The summed E-state index contributed by atoms with van der Waals surface area (Å²) in [5.41, 5.74) is 0. The van der Waals surface area contributed by atoms with Crippen LogP contribution in [0.4, 0.5) is 0 Å². The molecule has 0 aromatic rings. The van der Waals surface area contributed by atoms with Crippen LogP contribution in [0, 0.1) is 0 Å². The van der Waals surface area contributed by atoms with Gasteiger partial charge in [0.25, 0.3) is 0 Å². The molecule has 0 saturated heterocycles. The lowest BCUT2D eigenvalue weighted by Gasteiger charge is -2.39. The maximum atomic E-state index is 3.84. The zero-order valence-electron chi connectivity index (χ0n) is 14.4. The van der Waals surface area contributed by atoms with Gasteiger partial charge in [0.15, 0.2) is 0 Å². The summed E-state index contributed by atoms with van der Waals surface area (Å²) in [5, 5.41) is 0. The Bertz CT molecular complexity index is 182. The minimum absolute atomic E-state index is 0. The number of unbranched alkanes of at least 4 members (excludes halogenated alkanes) is 5. The average Bonchev–Trinajstić information content (AvgIpc) is 2.44. The van der Waals surface area contributed by atoms with Gasteiger partial charge in [-0.2, -0.15) is 0 Å². The van der Waals surface area contributed by atoms with E-state index >= 15 is 0 Å². The standard InChI is InChI=1S/C18H38N.H2O/c1-5-9-13-14-18-19(15-10-6-2,16-11-7-3)17-12-8-4;/h5H,1,6-18H2,2-4H3;1H2/q+1;/p-1. The summed E-state index contributed by atoms with van der Waals surface area (Å²) in [7, 11) is 0. The predicted molar refractivity (Wildman–Crippen MR) is 90.4 cm³/mol. The maximum absolute atomic E-state index is 3.84. The summed E-state index contributed by atoms with van der Waals surface area (Å²) < 4.78 is 1.40. The Morgan fingerprint density at radius 3 is 1.45 bits per heavy atom. The van der Waals surface area contributed by atoms with Gasteiger partial charge in [-0.15, -0.1) is 6.58 Å². The van der Waals surface area contributed by atoms with Crippen LogP contribution in [0.5, 0.6) is 0 Å². The molecule has 0 radical (unpaired) electrons. The summed E-state index contributed by atoms with van der Waals surface area (Å²) in [6, 6.07) is 0. The first kappa shape index (κ1) is 21.9. The number of allylic oxidation sites excluding steroid dienone is 1. The van der Waals surface area contributed by atoms with Gasteiger partial charge in [-0.1, -0.05) is 46.1 Å². The first-order valence-corrected chi connectivity index (χ1v) is 8.70. The van der Waals surface area contributed by atoms with E-state index in [1.54, 1.807) is 0 Å². The zero-order valence-corrected chi connectivity index (χ0v) is 14.4. The minimum atomic E-state index is 0. The van der Waals surface area contributed by atoms with Crippen LogP contribution in [0.15, 0.2) is 12.7 Å². The molecule has 0 aromatic heterocycles. The van der Waals surface area contributed by atoms with Gasteiger partial charge in [0.2, 0.25) is 0 Å². The van der Waals surface area contributed by atoms with Gasteiger partial charge in [-0.3, -0.25) is 0 Å². The van der Waals surface area contributed by atoms with Crippen LogP contribution < -0.4 is 0 Å². The molecule has 0 heterocycles. The smallest absolute Gasteiger partial charge is 0.0786 e. The Kier molecular flexibility index (Phi) is 16.5. The molecule has 0 aliphatic carbocycles. The third-order valence-electron chi connectivity index (χ3n) is 4.25. The highest BCUT2D eigenvalue weighted by Crippen LogP contribution is 2.17. The fourth-order valence-corrected chi connectivity index (χ4v) is 2.89. The Morgan fingerprint density at radius 2 is 1.10 bits per heavy atom. The molecule has 0 fully saturated rings. The lowest BCUT2D eigenvalue weighted by Crippen LogP contribution is -2.50. The molecule has 2 nitrogen and oxygen atoms in total. The van der Waals surface area contributed by atoms with Crippen LogP contribution in [0.1, 0.15) is 78.6 Å². The second-order valence-electron chi connectivity index (χ2n) is 6.08. The minimum Gasteiger partial charge on any atom is -0.870 e. The van der Waals surface area contributed by atoms with Crippen molar-refractivity contribution in [1.29, 1.82) is 0 Å². The Labute approximate surface area is 128 Å². The van der Waals surface area contributed by atoms with E-state index in [0.29, 0.717) is 0 Å². The van der Waals surface area contributed by atoms with E-state index in [9.17, 15) is 0 Å². The summed E-state index contributed by atoms with van der Waals surface area (Å²) in [4.78, 5) is 0. The van der Waals surface area contributed by atoms with Crippen LogP contribution in [-0.2, 0) is 0 Å². The largest absolute Gasteiger partial charge is 0.870 e. The highest BCUT2D eigenvalue weighted by atomic mass is 16.0. The molecule has 20 heavy (non-hydrogen) atoms. The number of nitrogens with zero attached hydrogens (tertiary/aromatic N) is 1. The second kappa shape index (κ2) is 15.1. The second-order valence-corrected chi connectivity index (χ2v) is 6.08. The van der Waals surface area contributed by atoms with Crippen LogP contribution in [-0.4, -0.2) is 36.1 Å². The Morgan fingerprint density at radius 1 is 0.700 bits per heavy atom. The molecular formula is C18H39NO. The van der Waals surface area contributed by atoms with E-state index in [1.807, 2.05) is 0 Å². The van der Waals surface area contributed by atoms with Crippen molar-refractivity contribution in [2.24, 2.45) is 0 Å². The van der Waals surface area contributed by atoms with Gasteiger partial charge in [-0.05, 0) is 38.5 Å². The molecule has 0 saturated carbocycles. The van der Waals surface area contributed by atoms with E-state index < -0.39 is 0 Å². The first-order chi connectivity index (χ1) is 9.24. The Hall–Kier alpha value is -0.340. The fourth-order valence-electron chi connectivity index (χ4n) is 2.89. The van der Waals surface area contributed by atoms with Crippen molar-refractivity contribution in [3.8, 4) is 0 Å². The van der Waals surface area contributed by atoms with Gasteiger partial charge < -0.3 is 9.96 Å². The predicted octanol–water partition coefficient (Wildman–Crippen LogP) is 5.38. The fraction of sp³-hybridized carbons (Fsp3) is 0.889. The van der Waals surface area contributed by atoms with Crippen molar-refractivity contribution in [2.75, 3.05) is 26.2 Å². The van der Waals surface area contributed by atoms with E-state index in [1.165, 1.54) is 88.4 Å². The third-order valence-corrected chi connectivity index (χ3v) is 4.25. The first-order valence-electron chi connectivity index (χ1n) is 8.70. The normalized spacial score (nSPS) is 11.2. The van der Waals surface area contributed by atoms with Gasteiger partial charge in [0, 0.05) is 0 Å². The highest BCUT2D eigenvalue weighted by Gasteiger charge is 2.24. The van der Waals surface area contributed by atoms with Crippen LogP contribution >= 0.6 is 0 Å². The number of hydrogen-bond acceptors (Lipinski definition) is 1. The quantitative estimate of drug-likeness (QED) is 0.239. The lowest BCUT2D eigenvalue weighted by molar-refractivity contribution is -0.929. The molecule has 0 rings (SSSR count). The van der Waals surface area contributed by atoms with Gasteiger partial charge in [0.05, 0.1) is 26.2 Å². The van der Waals surface area contributed by atoms with Crippen molar-refractivity contribution in [3.63, 3.8) is 0 Å². The Balaban J connectivity index is 0. The SMILES string of the molecule is C=CCCCC[N+](CCCC)(CCCC)CCCC.[OH-]. The number of hydrogen-bond donors (Lipinski definition) is 0. The summed E-state index contributed by atoms with van der Waals surface area (Å²) in [6.45, 7) is 16.4. The van der Waals surface area contributed by atoms with Crippen molar-refractivity contribution in [1.82, 2.24) is 0 Å². The molecule has 0 amide bonds. The molecule has 0 aromatic carbocycles. The van der Waals surface area contributed by atoms with E-state index in [-0.39, 0.29) is 5.48 Å². The highest BCUT2D eigenvalue weighted by molar-refractivity contribution is 4.65. The number of rotatable bonds is 14. The molecule has 0 bridgehead atoms. The molecule has 0 aliphatic heterocycles. The molecular weight excluding hydrogens is 246 g/mol. The molecule has 0 unspecified atom stereocenters. The molecule has 0 aliphatic rings. The van der Waals surface area contributed by atoms with Crippen molar-refractivity contribution >= 4 is 0 Å². The topological polar surface area (TPSA) is 30.0 Å². The van der Waals surface area contributed by atoms with E-state index in [2.05, 4.69) is 33.4 Å².